The molecule has 0 aromatic rings. The number of hydrogen-bond acceptors (Lipinski definition) is 0. The van der Waals surface area contributed by atoms with Crippen LogP contribution in [0.1, 0.15) is 46.5 Å². The Hall–Kier alpha value is -0.260. The van der Waals surface area contributed by atoms with Crippen LogP contribution in [0.15, 0.2) is 12.2 Å². The highest BCUT2D eigenvalue weighted by Crippen LogP contribution is 2.41. The van der Waals surface area contributed by atoms with E-state index in [1.807, 2.05) is 0 Å². The molecule has 64 valence electrons. The van der Waals surface area contributed by atoms with Crippen molar-refractivity contribution < 1.29 is 0 Å². The SMILES string of the molecule is CCCC1(CC)C=CC(C)C1. The molecular formula is C11H20. The average molecular weight is 152 g/mol. The molecule has 0 heteroatoms. The zero-order valence-electron chi connectivity index (χ0n) is 8.06. The molecule has 0 aliphatic heterocycles. The van der Waals surface area contributed by atoms with Gasteiger partial charge in [-0.2, -0.15) is 0 Å². The van der Waals surface area contributed by atoms with Gasteiger partial charge in [-0.15, -0.1) is 0 Å². The van der Waals surface area contributed by atoms with E-state index in [-0.39, 0.29) is 0 Å². The van der Waals surface area contributed by atoms with Crippen molar-refractivity contribution in [1.82, 2.24) is 0 Å². The topological polar surface area (TPSA) is 0 Å². The van der Waals surface area contributed by atoms with Crippen molar-refractivity contribution in [2.75, 3.05) is 0 Å². The Morgan fingerprint density at radius 2 is 2.18 bits per heavy atom. The van der Waals surface area contributed by atoms with Gasteiger partial charge in [0.2, 0.25) is 0 Å². The molecule has 0 saturated carbocycles. The van der Waals surface area contributed by atoms with Gasteiger partial charge in [-0.3, -0.25) is 0 Å². The van der Waals surface area contributed by atoms with Crippen molar-refractivity contribution in [3.05, 3.63) is 12.2 Å². The van der Waals surface area contributed by atoms with E-state index in [0.717, 1.165) is 5.92 Å². The van der Waals surface area contributed by atoms with E-state index >= 15 is 0 Å². The van der Waals surface area contributed by atoms with Crippen LogP contribution in [0.5, 0.6) is 0 Å². The molecule has 1 aliphatic carbocycles. The summed E-state index contributed by atoms with van der Waals surface area (Å²) in [5.74, 6) is 0.821. The summed E-state index contributed by atoms with van der Waals surface area (Å²) in [6.45, 7) is 6.93. The summed E-state index contributed by atoms with van der Waals surface area (Å²) in [6, 6.07) is 0. The number of hydrogen-bond donors (Lipinski definition) is 0. The molecule has 0 saturated heterocycles. The highest BCUT2D eigenvalue weighted by Gasteiger charge is 2.29. The van der Waals surface area contributed by atoms with Crippen LogP contribution in [0, 0.1) is 11.3 Å². The smallest absolute Gasteiger partial charge is 0.0115 e. The highest BCUT2D eigenvalue weighted by atomic mass is 14.3. The van der Waals surface area contributed by atoms with Gasteiger partial charge in [0.05, 0.1) is 0 Å². The van der Waals surface area contributed by atoms with Gasteiger partial charge in [-0.1, -0.05) is 39.3 Å². The number of rotatable bonds is 3. The van der Waals surface area contributed by atoms with Crippen molar-refractivity contribution in [3.63, 3.8) is 0 Å². The third-order valence-electron chi connectivity index (χ3n) is 2.96. The van der Waals surface area contributed by atoms with Crippen molar-refractivity contribution in [3.8, 4) is 0 Å². The van der Waals surface area contributed by atoms with Crippen molar-refractivity contribution in [2.45, 2.75) is 46.5 Å². The Kier molecular flexibility index (Phi) is 2.75. The van der Waals surface area contributed by atoms with Crippen molar-refractivity contribution in [2.24, 2.45) is 11.3 Å². The summed E-state index contributed by atoms with van der Waals surface area (Å²) >= 11 is 0. The Morgan fingerprint density at radius 1 is 1.45 bits per heavy atom. The summed E-state index contributed by atoms with van der Waals surface area (Å²) in [4.78, 5) is 0. The van der Waals surface area contributed by atoms with Gasteiger partial charge in [0.15, 0.2) is 0 Å². The van der Waals surface area contributed by atoms with Gasteiger partial charge < -0.3 is 0 Å². The van der Waals surface area contributed by atoms with Gasteiger partial charge in [-0.05, 0) is 30.6 Å². The molecule has 0 amide bonds. The molecule has 0 fully saturated rings. The fourth-order valence-corrected chi connectivity index (χ4v) is 2.27. The molecule has 2 unspecified atom stereocenters. The summed E-state index contributed by atoms with van der Waals surface area (Å²) in [6.07, 6.45) is 10.3. The molecule has 0 aromatic carbocycles. The normalized spacial score (nSPS) is 36.5. The molecule has 1 rings (SSSR count). The molecule has 0 radical (unpaired) electrons. The predicted molar refractivity (Wildman–Crippen MR) is 50.6 cm³/mol. The van der Waals surface area contributed by atoms with Crippen LogP contribution in [-0.4, -0.2) is 0 Å². The Balaban J connectivity index is 2.56. The minimum atomic E-state index is 0.578. The molecule has 2 atom stereocenters. The van der Waals surface area contributed by atoms with E-state index in [4.69, 9.17) is 0 Å². The maximum atomic E-state index is 2.46. The number of allylic oxidation sites excluding steroid dienone is 2. The summed E-state index contributed by atoms with van der Waals surface area (Å²) < 4.78 is 0. The predicted octanol–water partition coefficient (Wildman–Crippen LogP) is 3.78. The van der Waals surface area contributed by atoms with Crippen LogP contribution in [0.25, 0.3) is 0 Å². The quantitative estimate of drug-likeness (QED) is 0.540. The lowest BCUT2D eigenvalue weighted by molar-refractivity contribution is 0.303. The zero-order chi connectivity index (χ0) is 8.32. The third kappa shape index (κ3) is 1.85. The largest absolute Gasteiger partial charge is 0.0851 e. The van der Waals surface area contributed by atoms with Gasteiger partial charge in [0.1, 0.15) is 0 Å². The van der Waals surface area contributed by atoms with E-state index < -0.39 is 0 Å². The standard InChI is InChI=1S/C11H20/c1-4-7-11(5-2)8-6-10(3)9-11/h6,8,10H,4-5,7,9H2,1-3H3. The minimum Gasteiger partial charge on any atom is -0.0851 e. The fourth-order valence-electron chi connectivity index (χ4n) is 2.27. The van der Waals surface area contributed by atoms with Crippen molar-refractivity contribution in [1.29, 1.82) is 0 Å². The van der Waals surface area contributed by atoms with Crippen LogP contribution < -0.4 is 0 Å². The second-order valence-corrected chi connectivity index (χ2v) is 4.01. The molecule has 0 heterocycles. The Bertz CT molecular complexity index is 146. The molecule has 0 aromatic heterocycles. The second-order valence-electron chi connectivity index (χ2n) is 4.01. The zero-order valence-corrected chi connectivity index (χ0v) is 8.06. The lowest BCUT2D eigenvalue weighted by atomic mass is 9.79. The lowest BCUT2D eigenvalue weighted by Crippen LogP contribution is -2.14. The summed E-state index contributed by atoms with van der Waals surface area (Å²) in [5.41, 5.74) is 0.578. The molecule has 0 spiro atoms. The highest BCUT2D eigenvalue weighted by molar-refractivity contribution is 5.08. The Labute approximate surface area is 70.7 Å². The maximum Gasteiger partial charge on any atom is -0.0115 e. The minimum absolute atomic E-state index is 0.578. The molecular weight excluding hydrogens is 132 g/mol. The van der Waals surface area contributed by atoms with E-state index in [0.29, 0.717) is 5.41 Å². The molecule has 0 bridgehead atoms. The summed E-state index contributed by atoms with van der Waals surface area (Å²) in [5, 5.41) is 0. The summed E-state index contributed by atoms with van der Waals surface area (Å²) in [7, 11) is 0. The third-order valence-corrected chi connectivity index (χ3v) is 2.96. The van der Waals surface area contributed by atoms with E-state index in [1.54, 1.807) is 0 Å². The monoisotopic (exact) mass is 152 g/mol. The van der Waals surface area contributed by atoms with Gasteiger partial charge in [0.25, 0.3) is 0 Å². The van der Waals surface area contributed by atoms with Crippen LogP contribution in [0.3, 0.4) is 0 Å². The van der Waals surface area contributed by atoms with E-state index in [1.165, 1.54) is 25.7 Å². The van der Waals surface area contributed by atoms with Crippen LogP contribution in [0.2, 0.25) is 0 Å². The van der Waals surface area contributed by atoms with E-state index in [2.05, 4.69) is 32.9 Å². The Morgan fingerprint density at radius 3 is 2.55 bits per heavy atom. The maximum absolute atomic E-state index is 2.46. The van der Waals surface area contributed by atoms with Crippen LogP contribution >= 0.6 is 0 Å². The first-order chi connectivity index (χ1) is 5.22. The first-order valence-corrected chi connectivity index (χ1v) is 4.92. The first kappa shape index (κ1) is 8.83. The lowest BCUT2D eigenvalue weighted by Gasteiger charge is -2.26. The van der Waals surface area contributed by atoms with Crippen LogP contribution in [0.4, 0.5) is 0 Å². The molecule has 11 heavy (non-hydrogen) atoms. The molecule has 0 N–H and O–H groups in total. The second kappa shape index (κ2) is 3.42. The first-order valence-electron chi connectivity index (χ1n) is 4.92. The average Bonchev–Trinajstić information content (AvgIpc) is 2.34. The van der Waals surface area contributed by atoms with Gasteiger partial charge >= 0.3 is 0 Å². The van der Waals surface area contributed by atoms with Gasteiger partial charge in [0, 0.05) is 0 Å². The van der Waals surface area contributed by atoms with Crippen LogP contribution in [-0.2, 0) is 0 Å². The fraction of sp³-hybridized carbons (Fsp3) is 0.818. The van der Waals surface area contributed by atoms with Gasteiger partial charge in [-0.25, -0.2) is 0 Å². The van der Waals surface area contributed by atoms with E-state index in [9.17, 15) is 0 Å². The van der Waals surface area contributed by atoms with Crippen molar-refractivity contribution >= 4 is 0 Å². The molecule has 1 aliphatic rings. The molecule has 0 nitrogen and oxygen atoms in total.